The molecule has 1 heterocycles. The number of carbonyl (C=O) groups is 1. The van der Waals surface area contributed by atoms with Gasteiger partial charge in [0, 0.05) is 25.9 Å². The first-order valence-electron chi connectivity index (χ1n) is 6.09. The van der Waals surface area contributed by atoms with Crippen molar-refractivity contribution >= 4 is 16.9 Å². The summed E-state index contributed by atoms with van der Waals surface area (Å²) in [4.78, 5) is 11.5. The molecule has 0 aliphatic heterocycles. The Bertz CT molecular complexity index is 531. The summed E-state index contributed by atoms with van der Waals surface area (Å²) >= 11 is 0. The van der Waals surface area contributed by atoms with E-state index >= 15 is 0 Å². The molecule has 0 fully saturated rings. The number of benzene rings is 1. The van der Waals surface area contributed by atoms with Crippen LogP contribution in [0.3, 0.4) is 0 Å². The molecule has 0 atom stereocenters. The number of fused-ring (bicyclic) bond motifs is 1. The summed E-state index contributed by atoms with van der Waals surface area (Å²) in [5, 5.41) is 2.81. The highest BCUT2D eigenvalue weighted by atomic mass is 16.3. The normalized spacial score (nSPS) is 11.1. The predicted octanol–water partition coefficient (Wildman–Crippen LogP) is 2.35. The Morgan fingerprint density at radius 3 is 2.89 bits per heavy atom. The molecule has 96 valence electrons. The third-order valence-corrected chi connectivity index (χ3v) is 2.76. The SMILES string of the molecule is CN(C)NC(=O)CCCc1coc2ccccc12. The average Bonchev–Trinajstić information content (AvgIpc) is 2.72. The van der Waals surface area contributed by atoms with E-state index in [0.29, 0.717) is 6.42 Å². The number of hydrogen-bond donors (Lipinski definition) is 1. The minimum absolute atomic E-state index is 0.0489. The number of nitrogens with one attached hydrogen (secondary N) is 1. The maximum Gasteiger partial charge on any atom is 0.234 e. The minimum Gasteiger partial charge on any atom is -0.464 e. The summed E-state index contributed by atoms with van der Waals surface area (Å²) in [5.41, 5.74) is 4.81. The molecular weight excluding hydrogens is 228 g/mol. The molecule has 0 radical (unpaired) electrons. The second-order valence-electron chi connectivity index (χ2n) is 4.54. The Labute approximate surface area is 107 Å². The van der Waals surface area contributed by atoms with Gasteiger partial charge in [-0.2, -0.15) is 0 Å². The van der Waals surface area contributed by atoms with Crippen LogP contribution in [0.4, 0.5) is 0 Å². The van der Waals surface area contributed by atoms with E-state index in [2.05, 4.69) is 5.43 Å². The fourth-order valence-corrected chi connectivity index (χ4v) is 1.97. The van der Waals surface area contributed by atoms with Gasteiger partial charge in [-0.15, -0.1) is 0 Å². The van der Waals surface area contributed by atoms with E-state index in [9.17, 15) is 4.79 Å². The van der Waals surface area contributed by atoms with E-state index in [1.54, 1.807) is 11.3 Å². The van der Waals surface area contributed by atoms with Crippen LogP contribution >= 0.6 is 0 Å². The number of hydrogen-bond acceptors (Lipinski definition) is 3. The Hall–Kier alpha value is -1.81. The first kappa shape index (κ1) is 12.6. The van der Waals surface area contributed by atoms with Gasteiger partial charge < -0.3 is 4.42 Å². The van der Waals surface area contributed by atoms with Crippen LogP contribution in [0.15, 0.2) is 34.9 Å². The Morgan fingerprint density at radius 2 is 2.11 bits per heavy atom. The van der Waals surface area contributed by atoms with Crippen molar-refractivity contribution in [1.82, 2.24) is 10.4 Å². The lowest BCUT2D eigenvalue weighted by Crippen LogP contribution is -2.35. The molecular formula is C14H18N2O2. The summed E-state index contributed by atoms with van der Waals surface area (Å²) < 4.78 is 5.46. The van der Waals surface area contributed by atoms with Gasteiger partial charge in [0.1, 0.15) is 5.58 Å². The van der Waals surface area contributed by atoms with Crippen LogP contribution in [0.25, 0.3) is 11.0 Å². The van der Waals surface area contributed by atoms with Crippen LogP contribution in [-0.2, 0) is 11.2 Å². The topological polar surface area (TPSA) is 45.5 Å². The highest BCUT2D eigenvalue weighted by Crippen LogP contribution is 2.22. The third kappa shape index (κ3) is 3.11. The summed E-state index contributed by atoms with van der Waals surface area (Å²) in [6, 6.07) is 7.96. The van der Waals surface area contributed by atoms with Crippen molar-refractivity contribution in [3.8, 4) is 0 Å². The van der Waals surface area contributed by atoms with Crippen molar-refractivity contribution in [2.45, 2.75) is 19.3 Å². The first-order valence-corrected chi connectivity index (χ1v) is 6.09. The summed E-state index contributed by atoms with van der Waals surface area (Å²) in [6.07, 6.45) is 3.99. The quantitative estimate of drug-likeness (QED) is 0.824. The smallest absolute Gasteiger partial charge is 0.234 e. The average molecular weight is 246 g/mol. The predicted molar refractivity (Wildman–Crippen MR) is 71.0 cm³/mol. The molecule has 0 unspecified atom stereocenters. The maximum absolute atomic E-state index is 11.5. The highest BCUT2D eigenvalue weighted by molar-refractivity contribution is 5.81. The first-order chi connectivity index (χ1) is 8.66. The van der Waals surface area contributed by atoms with Crippen molar-refractivity contribution in [3.05, 3.63) is 36.1 Å². The zero-order valence-corrected chi connectivity index (χ0v) is 10.8. The second-order valence-corrected chi connectivity index (χ2v) is 4.54. The van der Waals surface area contributed by atoms with Crippen molar-refractivity contribution < 1.29 is 9.21 Å². The van der Waals surface area contributed by atoms with Crippen molar-refractivity contribution in [3.63, 3.8) is 0 Å². The zero-order valence-electron chi connectivity index (χ0n) is 10.8. The molecule has 0 aliphatic carbocycles. The monoisotopic (exact) mass is 246 g/mol. The van der Waals surface area contributed by atoms with Gasteiger partial charge in [-0.25, -0.2) is 5.01 Å². The van der Waals surface area contributed by atoms with E-state index < -0.39 is 0 Å². The molecule has 4 nitrogen and oxygen atoms in total. The third-order valence-electron chi connectivity index (χ3n) is 2.76. The van der Waals surface area contributed by atoms with E-state index in [4.69, 9.17) is 4.42 Å². The van der Waals surface area contributed by atoms with Crippen LogP contribution in [0.1, 0.15) is 18.4 Å². The number of para-hydroxylation sites is 1. The minimum atomic E-state index is 0.0489. The molecule has 0 saturated carbocycles. The largest absolute Gasteiger partial charge is 0.464 e. The highest BCUT2D eigenvalue weighted by Gasteiger charge is 2.06. The van der Waals surface area contributed by atoms with Gasteiger partial charge in [-0.1, -0.05) is 18.2 Å². The summed E-state index contributed by atoms with van der Waals surface area (Å²) in [7, 11) is 3.61. The molecule has 0 saturated heterocycles. The van der Waals surface area contributed by atoms with E-state index in [1.165, 1.54) is 5.56 Å². The Balaban J connectivity index is 1.89. The van der Waals surface area contributed by atoms with Gasteiger partial charge in [0.15, 0.2) is 0 Å². The molecule has 1 aromatic carbocycles. The van der Waals surface area contributed by atoms with Crippen molar-refractivity contribution in [2.24, 2.45) is 0 Å². The molecule has 0 aliphatic rings. The van der Waals surface area contributed by atoms with Crippen molar-refractivity contribution in [2.75, 3.05) is 14.1 Å². The Morgan fingerprint density at radius 1 is 1.33 bits per heavy atom. The molecule has 18 heavy (non-hydrogen) atoms. The second kappa shape index (κ2) is 5.69. The fraction of sp³-hybridized carbons (Fsp3) is 0.357. The molecule has 4 heteroatoms. The van der Waals surface area contributed by atoms with Crippen LogP contribution in [0.5, 0.6) is 0 Å². The summed E-state index contributed by atoms with van der Waals surface area (Å²) in [5.74, 6) is 0.0489. The number of furan rings is 1. The zero-order chi connectivity index (χ0) is 13.0. The molecule has 1 amide bonds. The molecule has 1 aromatic heterocycles. The molecule has 1 N–H and O–H groups in total. The standard InChI is InChI=1S/C14H18N2O2/c1-16(2)15-14(17)9-5-6-11-10-18-13-8-4-3-7-12(11)13/h3-4,7-8,10H,5-6,9H2,1-2H3,(H,15,17). The molecule has 0 spiro atoms. The maximum atomic E-state index is 11.5. The van der Waals surface area contributed by atoms with Gasteiger partial charge in [0.2, 0.25) is 5.91 Å². The van der Waals surface area contributed by atoms with Gasteiger partial charge in [-0.05, 0) is 24.5 Å². The molecule has 2 rings (SSSR count). The van der Waals surface area contributed by atoms with Gasteiger partial charge in [-0.3, -0.25) is 10.2 Å². The van der Waals surface area contributed by atoms with E-state index in [1.807, 2.05) is 38.4 Å². The summed E-state index contributed by atoms with van der Waals surface area (Å²) in [6.45, 7) is 0. The van der Waals surface area contributed by atoms with Gasteiger partial charge in [0.05, 0.1) is 6.26 Å². The number of nitrogens with zero attached hydrogens (tertiary/aromatic N) is 1. The van der Waals surface area contributed by atoms with Crippen LogP contribution in [-0.4, -0.2) is 25.0 Å². The van der Waals surface area contributed by atoms with E-state index in [-0.39, 0.29) is 5.91 Å². The fourth-order valence-electron chi connectivity index (χ4n) is 1.97. The van der Waals surface area contributed by atoms with Crippen LogP contribution in [0.2, 0.25) is 0 Å². The lowest BCUT2D eigenvalue weighted by molar-refractivity contribution is -0.124. The Kier molecular flexibility index (Phi) is 3.99. The molecule has 2 aromatic rings. The van der Waals surface area contributed by atoms with Gasteiger partial charge in [0.25, 0.3) is 0 Å². The number of amides is 1. The van der Waals surface area contributed by atoms with Gasteiger partial charge >= 0.3 is 0 Å². The number of rotatable bonds is 5. The van der Waals surface area contributed by atoms with Crippen LogP contribution < -0.4 is 5.43 Å². The number of hydrazine groups is 1. The van der Waals surface area contributed by atoms with Crippen LogP contribution in [0, 0.1) is 0 Å². The van der Waals surface area contributed by atoms with Crippen molar-refractivity contribution in [1.29, 1.82) is 0 Å². The van der Waals surface area contributed by atoms with E-state index in [0.717, 1.165) is 23.8 Å². The lowest BCUT2D eigenvalue weighted by Gasteiger charge is -2.11. The number of aryl methyl sites for hydroxylation is 1. The number of carbonyl (C=O) groups excluding carboxylic acids is 1. The lowest BCUT2D eigenvalue weighted by atomic mass is 10.1. The molecule has 0 bridgehead atoms.